The molecule has 2 aromatic heterocycles. The molecule has 2 atom stereocenters. The summed E-state index contributed by atoms with van der Waals surface area (Å²) in [5, 5.41) is 4.54. The highest BCUT2D eigenvalue weighted by Gasteiger charge is 2.39. The number of hydrogen-bond acceptors (Lipinski definition) is 5. The standard InChI is InChI=1S/C31H34BN6O3/c1-7-10-24-28-29(37(6)36-24)31(40)35-30(34-28)21-16-19(11-14-26(21)41-9-3)32-22-17-27(39)38(25(22)8-2)20-12-13-23(33-5)18(4)15-20/h11-16,22,25H,7-10,17H2,1-4,6H3,(H,34,35,40). The van der Waals surface area contributed by atoms with Crippen molar-refractivity contribution in [2.24, 2.45) is 7.05 Å². The van der Waals surface area contributed by atoms with Crippen molar-refractivity contribution in [2.45, 2.75) is 65.2 Å². The van der Waals surface area contributed by atoms with Crippen molar-refractivity contribution in [1.82, 2.24) is 19.7 Å². The molecular formula is C31H34BN6O3. The number of nitrogens with zero attached hydrogens (tertiary/aromatic N) is 5. The lowest BCUT2D eigenvalue weighted by atomic mass is 9.56. The van der Waals surface area contributed by atoms with Crippen molar-refractivity contribution in [1.29, 1.82) is 0 Å². The molecule has 41 heavy (non-hydrogen) atoms. The predicted octanol–water partition coefficient (Wildman–Crippen LogP) is 4.87. The van der Waals surface area contributed by atoms with Gasteiger partial charge in [-0.05, 0) is 56.3 Å². The fourth-order valence-corrected chi connectivity index (χ4v) is 5.86. The van der Waals surface area contributed by atoms with E-state index in [9.17, 15) is 9.59 Å². The molecule has 1 radical (unpaired) electrons. The van der Waals surface area contributed by atoms with Crippen molar-refractivity contribution in [3.05, 3.63) is 69.4 Å². The first-order valence-corrected chi connectivity index (χ1v) is 14.2. The monoisotopic (exact) mass is 549 g/mol. The van der Waals surface area contributed by atoms with Crippen LogP contribution in [0.3, 0.4) is 0 Å². The van der Waals surface area contributed by atoms with E-state index in [4.69, 9.17) is 16.3 Å². The van der Waals surface area contributed by atoms with Crippen molar-refractivity contribution in [2.75, 3.05) is 11.5 Å². The molecule has 1 aliphatic rings. The number of hydrogen-bond donors (Lipinski definition) is 1. The zero-order valence-electron chi connectivity index (χ0n) is 24.2. The Kier molecular flexibility index (Phi) is 7.98. The molecule has 1 fully saturated rings. The second-order valence-corrected chi connectivity index (χ2v) is 10.5. The molecule has 10 heteroatoms. The highest BCUT2D eigenvalue weighted by atomic mass is 16.5. The van der Waals surface area contributed by atoms with Crippen LogP contribution < -0.4 is 20.7 Å². The second kappa shape index (κ2) is 11.6. The Hall–Kier alpha value is -4.39. The number of fused-ring (bicyclic) bond motifs is 1. The smallest absolute Gasteiger partial charge is 0.277 e. The van der Waals surface area contributed by atoms with Gasteiger partial charge in [-0.15, -0.1) is 0 Å². The van der Waals surface area contributed by atoms with Gasteiger partial charge in [-0.3, -0.25) is 14.3 Å². The van der Waals surface area contributed by atoms with Crippen molar-refractivity contribution >= 4 is 41.1 Å². The van der Waals surface area contributed by atoms with Gasteiger partial charge < -0.3 is 14.6 Å². The molecule has 0 aliphatic carbocycles. The number of rotatable bonds is 9. The van der Waals surface area contributed by atoms with Gasteiger partial charge in [0.2, 0.25) is 5.91 Å². The summed E-state index contributed by atoms with van der Waals surface area (Å²) in [6.45, 7) is 15.8. The van der Waals surface area contributed by atoms with Gasteiger partial charge in [-0.1, -0.05) is 43.9 Å². The van der Waals surface area contributed by atoms with Gasteiger partial charge in [0, 0.05) is 25.2 Å². The molecule has 4 aromatic rings. The summed E-state index contributed by atoms with van der Waals surface area (Å²) in [6.07, 6.45) is 2.79. The van der Waals surface area contributed by atoms with E-state index >= 15 is 0 Å². The quantitative estimate of drug-likeness (QED) is 0.238. The van der Waals surface area contributed by atoms with Gasteiger partial charge >= 0.3 is 0 Å². The number of carbonyl (C=O) groups excluding carboxylic acids is 1. The van der Waals surface area contributed by atoms with E-state index in [0.717, 1.165) is 41.7 Å². The first-order chi connectivity index (χ1) is 19.8. The van der Waals surface area contributed by atoms with E-state index in [0.29, 0.717) is 46.9 Å². The summed E-state index contributed by atoms with van der Waals surface area (Å²) >= 11 is 0. The molecule has 5 rings (SSSR count). The average molecular weight is 549 g/mol. The van der Waals surface area contributed by atoms with Crippen LogP contribution in [0.4, 0.5) is 11.4 Å². The first kappa shape index (κ1) is 28.2. The number of carbonyl (C=O) groups is 1. The molecule has 1 amide bonds. The third-order valence-corrected chi connectivity index (χ3v) is 7.72. The van der Waals surface area contributed by atoms with Crippen LogP contribution in [0.1, 0.15) is 51.3 Å². The Morgan fingerprint density at radius 1 is 1.17 bits per heavy atom. The molecular weight excluding hydrogens is 515 g/mol. The van der Waals surface area contributed by atoms with E-state index in [2.05, 4.69) is 36.1 Å². The minimum absolute atomic E-state index is 0.0110. The van der Waals surface area contributed by atoms with Crippen LogP contribution in [-0.4, -0.2) is 45.6 Å². The number of ether oxygens (including phenoxy) is 1. The van der Waals surface area contributed by atoms with Crippen molar-refractivity contribution in [3.63, 3.8) is 0 Å². The summed E-state index contributed by atoms with van der Waals surface area (Å²) in [5.41, 5.74) is 5.49. The maximum Gasteiger partial charge on any atom is 0.277 e. The van der Waals surface area contributed by atoms with E-state index in [-0.39, 0.29) is 23.3 Å². The third-order valence-electron chi connectivity index (χ3n) is 7.72. The number of aryl methyl sites for hydroxylation is 3. The molecule has 209 valence electrons. The third kappa shape index (κ3) is 5.24. The van der Waals surface area contributed by atoms with Crippen LogP contribution in [0.5, 0.6) is 5.75 Å². The molecule has 0 spiro atoms. The fraction of sp³-hybridized carbons (Fsp3) is 0.387. The van der Waals surface area contributed by atoms with Crippen molar-refractivity contribution < 1.29 is 9.53 Å². The van der Waals surface area contributed by atoms with Gasteiger partial charge in [0.25, 0.3) is 5.56 Å². The zero-order chi connectivity index (χ0) is 29.3. The number of benzene rings is 2. The van der Waals surface area contributed by atoms with Gasteiger partial charge in [-0.2, -0.15) is 5.10 Å². The number of H-pyrrole nitrogens is 1. The Labute approximate surface area is 240 Å². The molecule has 2 aromatic carbocycles. The lowest BCUT2D eigenvalue weighted by Crippen LogP contribution is -2.36. The van der Waals surface area contributed by atoms with Crippen LogP contribution in [-0.2, 0) is 18.3 Å². The summed E-state index contributed by atoms with van der Waals surface area (Å²) in [4.78, 5) is 39.6. The minimum Gasteiger partial charge on any atom is -0.493 e. The highest BCUT2D eigenvalue weighted by molar-refractivity contribution is 6.56. The first-order valence-electron chi connectivity index (χ1n) is 14.2. The Morgan fingerprint density at radius 2 is 1.98 bits per heavy atom. The highest BCUT2D eigenvalue weighted by Crippen LogP contribution is 2.38. The molecule has 2 unspecified atom stereocenters. The SMILES string of the molecule is [C-]#[N+]c1ccc(N2C(=O)CC([B]c3ccc(OCC)c(-c4nc5c(CCC)nn(C)c5c(=O)[nH]4)c3)C2CC)cc1C. The number of amides is 1. The fourth-order valence-electron chi connectivity index (χ4n) is 5.86. The van der Waals surface area contributed by atoms with Crippen molar-refractivity contribution in [3.8, 4) is 17.1 Å². The molecule has 3 heterocycles. The number of aromatic nitrogens is 4. The zero-order valence-corrected chi connectivity index (χ0v) is 24.2. The number of anilines is 1. The minimum atomic E-state index is -0.248. The van der Waals surface area contributed by atoms with E-state index < -0.39 is 0 Å². The van der Waals surface area contributed by atoms with E-state index in [1.165, 1.54) is 0 Å². The largest absolute Gasteiger partial charge is 0.493 e. The molecule has 0 bridgehead atoms. The Bertz CT molecular complexity index is 1720. The normalized spacial score (nSPS) is 16.8. The maximum absolute atomic E-state index is 13.3. The van der Waals surface area contributed by atoms with Crippen LogP contribution in [0.25, 0.3) is 27.3 Å². The summed E-state index contributed by atoms with van der Waals surface area (Å²) in [7, 11) is 3.89. The van der Waals surface area contributed by atoms with Crippen LogP contribution >= 0.6 is 0 Å². The van der Waals surface area contributed by atoms with E-state index in [1.54, 1.807) is 17.8 Å². The summed E-state index contributed by atoms with van der Waals surface area (Å²) < 4.78 is 7.53. The predicted molar refractivity (Wildman–Crippen MR) is 162 cm³/mol. The Morgan fingerprint density at radius 3 is 2.66 bits per heavy atom. The lowest BCUT2D eigenvalue weighted by Gasteiger charge is -2.28. The molecule has 0 saturated carbocycles. The maximum atomic E-state index is 13.3. The van der Waals surface area contributed by atoms with Gasteiger partial charge in [-0.25, -0.2) is 9.83 Å². The number of nitrogens with one attached hydrogen (secondary N) is 1. The average Bonchev–Trinajstić information content (AvgIpc) is 3.44. The summed E-state index contributed by atoms with van der Waals surface area (Å²) in [5.74, 6) is 1.11. The number of aromatic amines is 1. The van der Waals surface area contributed by atoms with Gasteiger partial charge in [0.15, 0.2) is 18.5 Å². The summed E-state index contributed by atoms with van der Waals surface area (Å²) in [6, 6.07) is 11.4. The van der Waals surface area contributed by atoms with Gasteiger partial charge in [0.1, 0.15) is 17.1 Å². The molecule has 9 nitrogen and oxygen atoms in total. The lowest BCUT2D eigenvalue weighted by molar-refractivity contribution is -0.117. The topological polar surface area (TPSA) is 97.5 Å². The second-order valence-electron chi connectivity index (χ2n) is 10.5. The van der Waals surface area contributed by atoms with Gasteiger partial charge in [0.05, 0.1) is 24.4 Å². The van der Waals surface area contributed by atoms with Crippen LogP contribution in [0, 0.1) is 13.5 Å². The van der Waals surface area contributed by atoms with E-state index in [1.807, 2.05) is 49.1 Å². The van der Waals surface area contributed by atoms with Crippen LogP contribution in [0.2, 0.25) is 5.82 Å². The molecule has 1 saturated heterocycles. The van der Waals surface area contributed by atoms with Crippen LogP contribution in [0.15, 0.2) is 41.2 Å². The molecule has 1 N–H and O–H groups in total. The Balaban J connectivity index is 1.51. The molecule has 1 aliphatic heterocycles.